The van der Waals surface area contributed by atoms with E-state index in [1.165, 1.54) is 0 Å². The predicted octanol–water partition coefficient (Wildman–Crippen LogP) is 4.46. The van der Waals surface area contributed by atoms with Gasteiger partial charge in [-0.2, -0.15) is 0 Å². The highest BCUT2D eigenvalue weighted by Gasteiger charge is 2.10. The normalized spacial score (nSPS) is 10.0. The first-order valence-corrected chi connectivity index (χ1v) is 6.56. The molecule has 6 heteroatoms. The molecule has 0 aliphatic rings. The number of para-hydroxylation sites is 1. The van der Waals surface area contributed by atoms with Gasteiger partial charge >= 0.3 is 0 Å². The fraction of sp³-hybridized carbons (Fsp3) is 0. The molecule has 106 valence electrons. The first-order valence-electron chi connectivity index (χ1n) is 6.56. The summed E-state index contributed by atoms with van der Waals surface area (Å²) in [6.45, 7) is 0. The summed E-state index contributed by atoms with van der Waals surface area (Å²) in [5.74, 6) is 0.580. The lowest BCUT2D eigenvalue weighted by Gasteiger charge is -2.07. The van der Waals surface area contributed by atoms with Crippen molar-refractivity contribution in [2.75, 3.05) is 0 Å². The zero-order valence-electron chi connectivity index (χ0n) is 11.5. The molecule has 1 N–H and O–H groups in total. The molecule has 0 saturated carbocycles. The zero-order valence-corrected chi connectivity index (χ0v) is 11.5. The van der Waals surface area contributed by atoms with Crippen molar-refractivity contribution in [3.8, 4) is 28.4 Å². The second-order valence-electron chi connectivity index (χ2n) is 4.51. The average Bonchev–Trinajstić information content (AvgIpc) is 2.56. The van der Waals surface area contributed by atoms with Crippen LogP contribution in [0, 0.1) is 0 Å². The summed E-state index contributed by atoms with van der Waals surface area (Å²) in [5.41, 5.74) is 10.6. The first-order chi connectivity index (χ1) is 10.8. The quantitative estimate of drug-likeness (QED) is 0.438. The molecule has 0 fully saturated rings. The number of rotatable bonds is 3. The smallest absolute Gasteiger partial charge is 0.163 e. The van der Waals surface area contributed by atoms with E-state index >= 15 is 0 Å². The van der Waals surface area contributed by atoms with E-state index in [2.05, 4.69) is 20.0 Å². The van der Waals surface area contributed by atoms with Gasteiger partial charge in [0, 0.05) is 10.5 Å². The summed E-state index contributed by atoms with van der Waals surface area (Å²) in [6, 6.07) is 17.9. The molecule has 0 unspecified atom stereocenters. The molecular weight excluding hydrogens is 278 g/mol. The van der Waals surface area contributed by atoms with E-state index in [0.29, 0.717) is 17.1 Å². The van der Waals surface area contributed by atoms with Gasteiger partial charge in [-0.15, -0.1) is 0 Å². The minimum absolute atomic E-state index is 0.0691. The largest absolute Gasteiger partial charge is 0.507 e. The summed E-state index contributed by atoms with van der Waals surface area (Å²) < 4.78 is 0. The van der Waals surface area contributed by atoms with Crippen LogP contribution >= 0.6 is 0 Å². The van der Waals surface area contributed by atoms with E-state index in [1.54, 1.807) is 30.3 Å². The molecule has 0 aliphatic heterocycles. The zero-order chi connectivity index (χ0) is 15.4. The van der Waals surface area contributed by atoms with Crippen LogP contribution in [0.5, 0.6) is 5.75 Å². The molecule has 3 rings (SSSR count). The molecule has 0 atom stereocenters. The lowest BCUT2D eigenvalue weighted by molar-refractivity contribution is 0.477. The van der Waals surface area contributed by atoms with Crippen molar-refractivity contribution in [3.63, 3.8) is 0 Å². The third kappa shape index (κ3) is 2.72. The second kappa shape index (κ2) is 5.95. The van der Waals surface area contributed by atoms with Gasteiger partial charge in [0.25, 0.3) is 0 Å². The number of hydrogen-bond donors (Lipinski definition) is 1. The van der Waals surface area contributed by atoms with Crippen LogP contribution in [0.25, 0.3) is 33.1 Å². The van der Waals surface area contributed by atoms with E-state index in [9.17, 15) is 5.11 Å². The van der Waals surface area contributed by atoms with E-state index in [0.717, 1.165) is 5.56 Å². The summed E-state index contributed by atoms with van der Waals surface area (Å²) in [7, 11) is 0. The van der Waals surface area contributed by atoms with Crippen molar-refractivity contribution < 1.29 is 5.11 Å². The fourth-order valence-electron chi connectivity index (χ4n) is 2.07. The molecule has 0 amide bonds. The van der Waals surface area contributed by atoms with Gasteiger partial charge in [-0.1, -0.05) is 42.5 Å². The predicted molar refractivity (Wildman–Crippen MR) is 83.4 cm³/mol. The number of nitrogens with zero attached hydrogens (tertiary/aromatic N) is 5. The maximum atomic E-state index is 9.96. The number of aromatic nitrogens is 2. The second-order valence-corrected chi connectivity index (χ2v) is 4.51. The Morgan fingerprint density at radius 1 is 0.955 bits per heavy atom. The monoisotopic (exact) mass is 289 g/mol. The molecular formula is C16H11N5O. The first kappa shape index (κ1) is 13.6. The SMILES string of the molecule is [N-]=[N+]=Nc1cc(-c2ccccc2)nc(-c2ccccc2O)n1. The molecule has 0 spiro atoms. The highest BCUT2D eigenvalue weighted by molar-refractivity contribution is 5.69. The number of benzene rings is 2. The van der Waals surface area contributed by atoms with Gasteiger partial charge in [0.2, 0.25) is 0 Å². The van der Waals surface area contributed by atoms with Crippen LogP contribution in [0.4, 0.5) is 5.82 Å². The Bertz CT molecular complexity index is 857. The molecule has 2 aromatic carbocycles. The number of phenols is 1. The van der Waals surface area contributed by atoms with E-state index in [4.69, 9.17) is 5.53 Å². The minimum Gasteiger partial charge on any atom is -0.507 e. The third-order valence-corrected chi connectivity index (χ3v) is 3.07. The Balaban J connectivity index is 2.21. The number of phenolic OH excluding ortho intramolecular Hbond substituents is 1. The molecule has 3 aromatic rings. The van der Waals surface area contributed by atoms with Crippen molar-refractivity contribution in [2.24, 2.45) is 5.11 Å². The van der Waals surface area contributed by atoms with E-state index in [-0.39, 0.29) is 11.6 Å². The third-order valence-electron chi connectivity index (χ3n) is 3.07. The van der Waals surface area contributed by atoms with Gasteiger partial charge < -0.3 is 5.11 Å². The maximum Gasteiger partial charge on any atom is 0.163 e. The lowest BCUT2D eigenvalue weighted by atomic mass is 10.1. The van der Waals surface area contributed by atoms with Crippen LogP contribution < -0.4 is 0 Å². The van der Waals surface area contributed by atoms with Crippen molar-refractivity contribution in [2.45, 2.75) is 0 Å². The van der Waals surface area contributed by atoms with Gasteiger partial charge in [-0.3, -0.25) is 0 Å². The van der Waals surface area contributed by atoms with E-state index in [1.807, 2.05) is 30.3 Å². The maximum absolute atomic E-state index is 9.96. The van der Waals surface area contributed by atoms with Crippen LogP contribution in [0.15, 0.2) is 65.8 Å². The highest BCUT2D eigenvalue weighted by Crippen LogP contribution is 2.30. The number of azide groups is 1. The molecule has 6 nitrogen and oxygen atoms in total. The Morgan fingerprint density at radius 2 is 1.68 bits per heavy atom. The lowest BCUT2D eigenvalue weighted by Crippen LogP contribution is -1.92. The van der Waals surface area contributed by atoms with Crippen LogP contribution in [-0.4, -0.2) is 15.1 Å². The molecule has 0 bridgehead atoms. The van der Waals surface area contributed by atoms with Crippen molar-refractivity contribution >= 4 is 5.82 Å². The van der Waals surface area contributed by atoms with Gasteiger partial charge in [0.15, 0.2) is 5.82 Å². The molecule has 22 heavy (non-hydrogen) atoms. The van der Waals surface area contributed by atoms with Crippen LogP contribution in [-0.2, 0) is 0 Å². The summed E-state index contributed by atoms with van der Waals surface area (Å²) >= 11 is 0. The summed E-state index contributed by atoms with van der Waals surface area (Å²) in [5, 5.41) is 13.5. The molecule has 0 aliphatic carbocycles. The Hall–Kier alpha value is -3.37. The Kier molecular flexibility index (Phi) is 3.68. The van der Waals surface area contributed by atoms with Crippen LogP contribution in [0.2, 0.25) is 0 Å². The summed E-state index contributed by atoms with van der Waals surface area (Å²) in [6.07, 6.45) is 0. The minimum atomic E-state index is 0.0691. The molecule has 1 aromatic heterocycles. The Labute approximate surface area is 126 Å². The number of aromatic hydroxyl groups is 1. The Morgan fingerprint density at radius 3 is 2.41 bits per heavy atom. The highest BCUT2D eigenvalue weighted by atomic mass is 16.3. The van der Waals surface area contributed by atoms with Crippen LogP contribution in [0.3, 0.4) is 0 Å². The average molecular weight is 289 g/mol. The molecule has 0 saturated heterocycles. The van der Waals surface area contributed by atoms with Gasteiger partial charge in [0.1, 0.15) is 11.6 Å². The summed E-state index contributed by atoms with van der Waals surface area (Å²) in [4.78, 5) is 11.4. The van der Waals surface area contributed by atoms with Gasteiger partial charge in [-0.25, -0.2) is 9.97 Å². The van der Waals surface area contributed by atoms with Crippen molar-refractivity contribution in [1.29, 1.82) is 0 Å². The van der Waals surface area contributed by atoms with Crippen molar-refractivity contribution in [3.05, 3.63) is 71.1 Å². The van der Waals surface area contributed by atoms with Gasteiger partial charge in [-0.05, 0) is 28.8 Å². The number of hydrogen-bond acceptors (Lipinski definition) is 4. The van der Waals surface area contributed by atoms with Gasteiger partial charge in [0.05, 0.1) is 11.3 Å². The van der Waals surface area contributed by atoms with E-state index < -0.39 is 0 Å². The van der Waals surface area contributed by atoms with Crippen molar-refractivity contribution in [1.82, 2.24) is 9.97 Å². The fourth-order valence-corrected chi connectivity index (χ4v) is 2.07. The molecule has 0 radical (unpaired) electrons. The topological polar surface area (TPSA) is 94.8 Å². The van der Waals surface area contributed by atoms with Crippen LogP contribution in [0.1, 0.15) is 0 Å². The standard InChI is InChI=1S/C16H11N5O/c17-21-20-15-10-13(11-6-2-1-3-7-11)18-16(19-15)12-8-4-5-9-14(12)22/h1-10,22H. The molecule has 1 heterocycles.